The molecule has 0 unspecified atom stereocenters. The Morgan fingerprint density at radius 2 is 1.86 bits per heavy atom. The standard InChI is InChI=1S/C16H20BrN3O/c1-16(2,3)13-12(17)14(18)20-15(19-13)11-8-6-5-7-10(11)9-21-4/h5-8H,9H2,1-4H3,(H2,18,19,20). The molecule has 1 heterocycles. The Hall–Kier alpha value is -1.46. The van der Waals surface area contributed by atoms with Crippen molar-refractivity contribution in [2.24, 2.45) is 0 Å². The number of hydrogen-bond acceptors (Lipinski definition) is 4. The van der Waals surface area contributed by atoms with Crippen LogP contribution in [-0.4, -0.2) is 17.1 Å². The number of nitrogens with two attached hydrogens (primary N) is 1. The van der Waals surface area contributed by atoms with Gasteiger partial charge in [-0.1, -0.05) is 45.0 Å². The van der Waals surface area contributed by atoms with Crippen molar-refractivity contribution in [3.63, 3.8) is 0 Å². The van der Waals surface area contributed by atoms with E-state index in [1.165, 1.54) is 0 Å². The number of benzene rings is 1. The molecule has 112 valence electrons. The molecular formula is C16H20BrN3O. The van der Waals surface area contributed by atoms with Crippen LogP contribution in [0.15, 0.2) is 28.7 Å². The summed E-state index contributed by atoms with van der Waals surface area (Å²) >= 11 is 3.50. The van der Waals surface area contributed by atoms with Crippen molar-refractivity contribution < 1.29 is 4.74 Å². The summed E-state index contributed by atoms with van der Waals surface area (Å²) in [6.07, 6.45) is 0. The lowest BCUT2D eigenvalue weighted by Gasteiger charge is -2.21. The highest BCUT2D eigenvalue weighted by Gasteiger charge is 2.23. The van der Waals surface area contributed by atoms with Crippen molar-refractivity contribution in [1.82, 2.24) is 9.97 Å². The third-order valence-corrected chi connectivity index (χ3v) is 3.93. The molecule has 2 aromatic rings. The molecule has 4 nitrogen and oxygen atoms in total. The van der Waals surface area contributed by atoms with Crippen LogP contribution in [0.3, 0.4) is 0 Å². The van der Waals surface area contributed by atoms with Gasteiger partial charge in [0.2, 0.25) is 0 Å². The average molecular weight is 350 g/mol. The fourth-order valence-corrected chi connectivity index (χ4v) is 2.87. The molecule has 0 aliphatic carbocycles. The van der Waals surface area contributed by atoms with E-state index in [-0.39, 0.29) is 5.41 Å². The van der Waals surface area contributed by atoms with Crippen molar-refractivity contribution in [3.8, 4) is 11.4 Å². The van der Waals surface area contributed by atoms with Gasteiger partial charge >= 0.3 is 0 Å². The van der Waals surface area contributed by atoms with Gasteiger partial charge in [0.25, 0.3) is 0 Å². The molecule has 0 aliphatic heterocycles. The summed E-state index contributed by atoms with van der Waals surface area (Å²) in [5.41, 5.74) is 8.82. The van der Waals surface area contributed by atoms with Crippen LogP contribution in [0.25, 0.3) is 11.4 Å². The summed E-state index contributed by atoms with van der Waals surface area (Å²) in [5.74, 6) is 1.09. The lowest BCUT2D eigenvalue weighted by molar-refractivity contribution is 0.185. The molecule has 0 bridgehead atoms. The van der Waals surface area contributed by atoms with Gasteiger partial charge in [-0.3, -0.25) is 0 Å². The number of aromatic nitrogens is 2. The van der Waals surface area contributed by atoms with Crippen LogP contribution in [0.1, 0.15) is 32.0 Å². The second kappa shape index (κ2) is 6.12. The van der Waals surface area contributed by atoms with Crippen molar-refractivity contribution in [2.45, 2.75) is 32.8 Å². The minimum Gasteiger partial charge on any atom is -0.383 e. The van der Waals surface area contributed by atoms with Crippen molar-refractivity contribution in [3.05, 3.63) is 40.0 Å². The SMILES string of the molecule is COCc1ccccc1-c1nc(N)c(Br)c(C(C)(C)C)n1. The maximum atomic E-state index is 6.05. The quantitative estimate of drug-likeness (QED) is 0.911. The first-order chi connectivity index (χ1) is 9.84. The zero-order valence-electron chi connectivity index (χ0n) is 12.8. The molecule has 0 fully saturated rings. The number of ether oxygens (including phenoxy) is 1. The van der Waals surface area contributed by atoms with Crippen LogP contribution in [0.5, 0.6) is 0 Å². The van der Waals surface area contributed by atoms with E-state index in [9.17, 15) is 0 Å². The number of rotatable bonds is 3. The molecule has 0 aliphatic rings. The average Bonchev–Trinajstić information content (AvgIpc) is 2.41. The van der Waals surface area contributed by atoms with Crippen molar-refractivity contribution in [1.29, 1.82) is 0 Å². The largest absolute Gasteiger partial charge is 0.383 e. The fraction of sp³-hybridized carbons (Fsp3) is 0.375. The van der Waals surface area contributed by atoms with Crippen molar-refractivity contribution >= 4 is 21.7 Å². The maximum Gasteiger partial charge on any atom is 0.162 e. The van der Waals surface area contributed by atoms with Gasteiger partial charge in [0.05, 0.1) is 16.8 Å². The van der Waals surface area contributed by atoms with Crippen LogP contribution < -0.4 is 5.73 Å². The highest BCUT2D eigenvalue weighted by Crippen LogP contribution is 2.33. The summed E-state index contributed by atoms with van der Waals surface area (Å²) in [4.78, 5) is 9.15. The first-order valence-corrected chi connectivity index (χ1v) is 7.54. The molecule has 2 N–H and O–H groups in total. The smallest absolute Gasteiger partial charge is 0.162 e. The van der Waals surface area contributed by atoms with Gasteiger partial charge in [0, 0.05) is 18.1 Å². The summed E-state index contributed by atoms with van der Waals surface area (Å²) in [7, 11) is 1.67. The molecule has 0 amide bonds. The van der Waals surface area contributed by atoms with Gasteiger partial charge in [-0.2, -0.15) is 0 Å². The second-order valence-corrected chi connectivity index (χ2v) is 6.73. The lowest BCUT2D eigenvalue weighted by Crippen LogP contribution is -2.17. The number of nitrogen functional groups attached to an aromatic ring is 1. The summed E-state index contributed by atoms with van der Waals surface area (Å²) in [5, 5.41) is 0. The monoisotopic (exact) mass is 349 g/mol. The van der Waals surface area contributed by atoms with Gasteiger partial charge < -0.3 is 10.5 Å². The minimum atomic E-state index is -0.124. The highest BCUT2D eigenvalue weighted by atomic mass is 79.9. The summed E-state index contributed by atoms with van der Waals surface area (Å²) in [6.45, 7) is 6.82. The van der Waals surface area contributed by atoms with Gasteiger partial charge in [0.15, 0.2) is 5.82 Å². The molecule has 1 aromatic carbocycles. The van der Waals surface area contributed by atoms with E-state index in [0.29, 0.717) is 18.2 Å². The van der Waals surface area contributed by atoms with E-state index in [1.807, 2.05) is 24.3 Å². The Balaban J connectivity index is 2.63. The van der Waals surface area contributed by atoms with Gasteiger partial charge in [-0.25, -0.2) is 9.97 Å². The van der Waals surface area contributed by atoms with Crippen LogP contribution in [0.4, 0.5) is 5.82 Å². The summed E-state index contributed by atoms with van der Waals surface area (Å²) in [6, 6.07) is 7.94. The zero-order chi connectivity index (χ0) is 15.6. The van der Waals surface area contributed by atoms with E-state index in [2.05, 4.69) is 41.7 Å². The van der Waals surface area contributed by atoms with Crippen LogP contribution in [-0.2, 0) is 16.8 Å². The number of nitrogens with zero attached hydrogens (tertiary/aromatic N) is 2. The first kappa shape index (κ1) is 15.9. The number of anilines is 1. The minimum absolute atomic E-state index is 0.124. The molecular weight excluding hydrogens is 330 g/mol. The van der Waals surface area contributed by atoms with E-state index >= 15 is 0 Å². The maximum absolute atomic E-state index is 6.05. The Kier molecular flexibility index (Phi) is 4.64. The summed E-state index contributed by atoms with van der Waals surface area (Å²) < 4.78 is 6.01. The van der Waals surface area contributed by atoms with Crippen LogP contribution in [0.2, 0.25) is 0 Å². The van der Waals surface area contributed by atoms with Gasteiger partial charge in [-0.05, 0) is 21.5 Å². The highest BCUT2D eigenvalue weighted by molar-refractivity contribution is 9.10. The molecule has 2 rings (SSSR count). The van der Waals surface area contributed by atoms with Crippen LogP contribution >= 0.6 is 15.9 Å². The molecule has 21 heavy (non-hydrogen) atoms. The molecule has 0 atom stereocenters. The number of halogens is 1. The normalized spacial score (nSPS) is 11.7. The van der Waals surface area contributed by atoms with E-state index < -0.39 is 0 Å². The molecule has 5 heteroatoms. The topological polar surface area (TPSA) is 61.0 Å². The lowest BCUT2D eigenvalue weighted by atomic mass is 9.91. The van der Waals surface area contributed by atoms with Gasteiger partial charge in [0.1, 0.15) is 5.82 Å². The zero-order valence-corrected chi connectivity index (χ0v) is 14.4. The Morgan fingerprint density at radius 1 is 1.19 bits per heavy atom. The molecule has 0 radical (unpaired) electrons. The molecule has 1 aromatic heterocycles. The third-order valence-electron chi connectivity index (χ3n) is 3.15. The van der Waals surface area contributed by atoms with Crippen LogP contribution in [0, 0.1) is 0 Å². The molecule has 0 spiro atoms. The Bertz CT molecular complexity index is 650. The van der Waals surface area contributed by atoms with E-state index in [4.69, 9.17) is 15.5 Å². The van der Waals surface area contributed by atoms with Gasteiger partial charge in [-0.15, -0.1) is 0 Å². The predicted molar refractivity (Wildman–Crippen MR) is 89.0 cm³/mol. The van der Waals surface area contributed by atoms with Crippen molar-refractivity contribution in [2.75, 3.05) is 12.8 Å². The first-order valence-electron chi connectivity index (χ1n) is 6.75. The predicted octanol–water partition coefficient (Wildman–Crippen LogP) is 3.93. The number of methoxy groups -OCH3 is 1. The van der Waals surface area contributed by atoms with E-state index in [1.54, 1.807) is 7.11 Å². The molecule has 0 saturated heterocycles. The third kappa shape index (κ3) is 3.41. The Labute approximate surface area is 133 Å². The molecule has 0 saturated carbocycles. The van der Waals surface area contributed by atoms with E-state index in [0.717, 1.165) is 21.3 Å². The fourth-order valence-electron chi connectivity index (χ4n) is 2.10. The Morgan fingerprint density at radius 3 is 2.48 bits per heavy atom. The second-order valence-electron chi connectivity index (χ2n) is 5.94. The number of hydrogen-bond donors (Lipinski definition) is 1.